The maximum atomic E-state index is 13.0. The van der Waals surface area contributed by atoms with Crippen LogP contribution in [0.5, 0.6) is 5.75 Å². The van der Waals surface area contributed by atoms with Crippen LogP contribution in [0.3, 0.4) is 0 Å². The Balaban J connectivity index is 1.92. The van der Waals surface area contributed by atoms with Gasteiger partial charge in [0.1, 0.15) is 5.75 Å². The number of likely N-dealkylation sites (N-methyl/N-ethyl adjacent to an activating group) is 1. The molecule has 0 N–H and O–H groups in total. The van der Waals surface area contributed by atoms with Crippen molar-refractivity contribution in [1.82, 2.24) is 4.90 Å². The third-order valence-electron chi connectivity index (χ3n) is 4.71. The molecule has 168 valence electrons. The highest BCUT2D eigenvalue weighted by Crippen LogP contribution is 2.36. The quantitative estimate of drug-likeness (QED) is 0.243. The molecule has 3 rings (SSSR count). The van der Waals surface area contributed by atoms with E-state index in [-0.39, 0.29) is 5.91 Å². The molecule has 32 heavy (non-hydrogen) atoms. The Bertz CT molecular complexity index is 1070. The zero-order valence-electron chi connectivity index (χ0n) is 18.3. The van der Waals surface area contributed by atoms with Crippen molar-refractivity contribution in [2.75, 3.05) is 20.3 Å². The molecule has 0 bridgehead atoms. The summed E-state index contributed by atoms with van der Waals surface area (Å²) in [5.41, 5.74) is 1.82. The normalized spacial score (nSPS) is 16.1. The zero-order valence-corrected chi connectivity index (χ0v) is 20.7. The number of aliphatic imine (C=N–C) groups is 1. The maximum Gasteiger partial charge on any atom is 0.337 e. The number of benzene rings is 2. The largest absolute Gasteiger partial charge is 0.493 e. The van der Waals surface area contributed by atoms with Gasteiger partial charge in [-0.2, -0.15) is 0 Å². The standard InChI is InChI=1S/C24H25BrN2O4S/c1-4-6-12-31-20-11-10-18(25)13-17(20)15-21-22(28)27(5-2)24(32-21)26-19-9-7-8-16(14-19)23(29)30-3/h7-11,13-15H,4-6,12H2,1-3H3. The van der Waals surface area contributed by atoms with E-state index in [0.717, 1.165) is 28.6 Å². The van der Waals surface area contributed by atoms with E-state index in [1.165, 1.54) is 18.9 Å². The number of methoxy groups -OCH3 is 1. The molecule has 1 aliphatic rings. The lowest BCUT2D eigenvalue weighted by Crippen LogP contribution is -2.28. The first-order chi connectivity index (χ1) is 15.5. The SMILES string of the molecule is CCCCOc1ccc(Br)cc1C=C1SC(=Nc2cccc(C(=O)OC)c2)N(CC)C1=O. The fourth-order valence-corrected chi connectivity index (χ4v) is 4.46. The van der Waals surface area contributed by atoms with Crippen molar-refractivity contribution in [3.05, 3.63) is 63.0 Å². The van der Waals surface area contributed by atoms with Crippen LogP contribution in [0.4, 0.5) is 5.69 Å². The summed E-state index contributed by atoms with van der Waals surface area (Å²) in [6.45, 7) is 5.12. The average molecular weight is 517 g/mol. The number of hydrogen-bond donors (Lipinski definition) is 0. The first-order valence-corrected chi connectivity index (χ1v) is 12.0. The molecule has 6 nitrogen and oxygen atoms in total. The second-order valence-corrected chi connectivity index (χ2v) is 8.91. The van der Waals surface area contributed by atoms with E-state index in [1.54, 1.807) is 29.2 Å². The highest BCUT2D eigenvalue weighted by Gasteiger charge is 2.32. The van der Waals surface area contributed by atoms with Crippen molar-refractivity contribution in [3.8, 4) is 5.75 Å². The second-order valence-electron chi connectivity index (χ2n) is 6.98. The summed E-state index contributed by atoms with van der Waals surface area (Å²) in [6, 6.07) is 12.6. The summed E-state index contributed by atoms with van der Waals surface area (Å²) < 4.78 is 11.6. The molecule has 1 amide bonds. The number of thioether (sulfide) groups is 1. The van der Waals surface area contributed by atoms with Crippen LogP contribution in [-0.4, -0.2) is 42.2 Å². The first kappa shape index (κ1) is 24.1. The molecular weight excluding hydrogens is 492 g/mol. The third kappa shape index (κ3) is 5.81. The van der Waals surface area contributed by atoms with E-state index in [9.17, 15) is 9.59 Å². The molecule has 0 radical (unpaired) electrons. The number of ether oxygens (including phenoxy) is 2. The molecule has 0 saturated carbocycles. The lowest BCUT2D eigenvalue weighted by atomic mass is 10.2. The first-order valence-electron chi connectivity index (χ1n) is 10.4. The van der Waals surface area contributed by atoms with Crippen LogP contribution in [0.15, 0.2) is 56.8 Å². The van der Waals surface area contributed by atoms with E-state index >= 15 is 0 Å². The number of halogens is 1. The summed E-state index contributed by atoms with van der Waals surface area (Å²) in [5, 5.41) is 0.564. The molecular formula is C24H25BrN2O4S. The van der Waals surface area contributed by atoms with Crippen molar-refractivity contribution in [2.24, 2.45) is 4.99 Å². The number of unbranched alkanes of at least 4 members (excludes halogenated alkanes) is 1. The van der Waals surface area contributed by atoms with Crippen LogP contribution < -0.4 is 4.74 Å². The Morgan fingerprint density at radius 2 is 2.03 bits per heavy atom. The van der Waals surface area contributed by atoms with E-state index < -0.39 is 5.97 Å². The van der Waals surface area contributed by atoms with Crippen molar-refractivity contribution >= 4 is 56.5 Å². The zero-order chi connectivity index (χ0) is 23.1. The van der Waals surface area contributed by atoms with Gasteiger partial charge >= 0.3 is 5.97 Å². The fourth-order valence-electron chi connectivity index (χ4n) is 3.03. The van der Waals surface area contributed by atoms with Crippen LogP contribution in [0, 0.1) is 0 Å². The van der Waals surface area contributed by atoms with Crippen molar-refractivity contribution in [2.45, 2.75) is 26.7 Å². The van der Waals surface area contributed by atoms with Crippen molar-refractivity contribution in [3.63, 3.8) is 0 Å². The summed E-state index contributed by atoms with van der Waals surface area (Å²) in [5.74, 6) is 0.196. The van der Waals surface area contributed by atoms with Crippen LogP contribution in [-0.2, 0) is 9.53 Å². The van der Waals surface area contributed by atoms with Crippen LogP contribution in [0.2, 0.25) is 0 Å². The smallest absolute Gasteiger partial charge is 0.337 e. The monoisotopic (exact) mass is 516 g/mol. The average Bonchev–Trinajstić information content (AvgIpc) is 3.08. The Labute approximate surface area is 200 Å². The maximum absolute atomic E-state index is 13.0. The number of carbonyl (C=O) groups is 2. The van der Waals surface area contributed by atoms with Crippen LogP contribution in [0.25, 0.3) is 6.08 Å². The molecule has 2 aromatic carbocycles. The van der Waals surface area contributed by atoms with E-state index in [0.29, 0.717) is 34.5 Å². The molecule has 0 spiro atoms. The number of amides is 1. The predicted molar refractivity (Wildman–Crippen MR) is 132 cm³/mol. The summed E-state index contributed by atoms with van der Waals surface area (Å²) in [4.78, 5) is 31.7. The van der Waals surface area contributed by atoms with E-state index in [1.807, 2.05) is 31.2 Å². The van der Waals surface area contributed by atoms with Crippen molar-refractivity contribution in [1.29, 1.82) is 0 Å². The molecule has 8 heteroatoms. The van der Waals surface area contributed by atoms with Gasteiger partial charge in [0.15, 0.2) is 5.17 Å². The van der Waals surface area contributed by atoms with Gasteiger partial charge in [0.2, 0.25) is 0 Å². The highest BCUT2D eigenvalue weighted by atomic mass is 79.9. The van der Waals surface area contributed by atoms with Crippen molar-refractivity contribution < 1.29 is 19.1 Å². The lowest BCUT2D eigenvalue weighted by molar-refractivity contribution is -0.122. The minimum atomic E-state index is -0.430. The number of rotatable bonds is 8. The molecule has 1 saturated heterocycles. The Morgan fingerprint density at radius 3 is 2.75 bits per heavy atom. The third-order valence-corrected chi connectivity index (χ3v) is 6.21. The van der Waals surface area contributed by atoms with Gasteiger partial charge < -0.3 is 9.47 Å². The predicted octanol–water partition coefficient (Wildman–Crippen LogP) is 6.04. The fraction of sp³-hybridized carbons (Fsp3) is 0.292. The molecule has 0 aliphatic carbocycles. The molecule has 2 aromatic rings. The van der Waals surface area contributed by atoms with Gasteiger partial charge in [-0.05, 0) is 67.6 Å². The Kier molecular flexibility index (Phi) is 8.53. The van der Waals surface area contributed by atoms with Gasteiger partial charge in [-0.3, -0.25) is 9.69 Å². The second kappa shape index (κ2) is 11.3. The van der Waals surface area contributed by atoms with E-state index in [2.05, 4.69) is 27.8 Å². The molecule has 0 unspecified atom stereocenters. The number of amidine groups is 1. The molecule has 1 heterocycles. The van der Waals surface area contributed by atoms with Gasteiger partial charge in [0, 0.05) is 16.6 Å². The summed E-state index contributed by atoms with van der Waals surface area (Å²) in [6.07, 6.45) is 3.85. The number of esters is 1. The molecule has 0 atom stereocenters. The van der Waals surface area contributed by atoms with Gasteiger partial charge in [-0.25, -0.2) is 9.79 Å². The van der Waals surface area contributed by atoms with Gasteiger partial charge in [-0.15, -0.1) is 0 Å². The Hall–Kier alpha value is -2.58. The summed E-state index contributed by atoms with van der Waals surface area (Å²) in [7, 11) is 1.34. The number of carbonyl (C=O) groups excluding carboxylic acids is 2. The van der Waals surface area contributed by atoms with E-state index in [4.69, 9.17) is 9.47 Å². The van der Waals surface area contributed by atoms with Crippen LogP contribution >= 0.6 is 27.7 Å². The topological polar surface area (TPSA) is 68.2 Å². The molecule has 0 aromatic heterocycles. The Morgan fingerprint density at radius 1 is 1.22 bits per heavy atom. The van der Waals surface area contributed by atoms with Gasteiger partial charge in [-0.1, -0.05) is 35.3 Å². The van der Waals surface area contributed by atoms with Gasteiger partial charge in [0.05, 0.1) is 29.9 Å². The highest BCUT2D eigenvalue weighted by molar-refractivity contribution is 9.10. The number of hydrogen-bond acceptors (Lipinski definition) is 6. The van der Waals surface area contributed by atoms with Gasteiger partial charge in [0.25, 0.3) is 5.91 Å². The minimum Gasteiger partial charge on any atom is -0.493 e. The minimum absolute atomic E-state index is 0.111. The molecule has 1 aliphatic heterocycles. The molecule has 1 fully saturated rings. The number of nitrogens with zero attached hydrogens (tertiary/aromatic N) is 2. The lowest BCUT2D eigenvalue weighted by Gasteiger charge is -2.12. The van der Waals surface area contributed by atoms with Crippen LogP contribution in [0.1, 0.15) is 42.6 Å². The summed E-state index contributed by atoms with van der Waals surface area (Å²) >= 11 is 4.80.